The zero-order valence-electron chi connectivity index (χ0n) is 42.2. The van der Waals surface area contributed by atoms with Gasteiger partial charge in [0.05, 0.1) is 0 Å². The first-order valence-corrected chi connectivity index (χ1v) is 26.5. The third kappa shape index (κ3) is 12.1. The van der Waals surface area contributed by atoms with Crippen LogP contribution in [0.1, 0.15) is 45.2 Å². The van der Waals surface area contributed by atoms with Crippen molar-refractivity contribution in [3.05, 3.63) is 249 Å². The molecule has 10 aromatic rings. The highest BCUT2D eigenvalue weighted by Gasteiger charge is 2.32. The number of H-pyrrole nitrogens is 2. The van der Waals surface area contributed by atoms with Gasteiger partial charge in [0, 0.05) is 61.9 Å². The molecule has 0 saturated heterocycles. The van der Waals surface area contributed by atoms with Crippen LogP contribution < -0.4 is 10.6 Å². The van der Waals surface area contributed by atoms with E-state index in [1.165, 1.54) is 24.3 Å². The number of rotatable bonds is 13. The molecular formula is C64H51F2IN4O8. The fourth-order valence-electron chi connectivity index (χ4n) is 10.4. The normalized spacial score (nSPS) is 12.8. The Morgan fingerprint density at radius 1 is 0.506 bits per heavy atom. The molecule has 396 valence electrons. The van der Waals surface area contributed by atoms with Crippen molar-refractivity contribution in [1.29, 1.82) is 0 Å². The molecule has 79 heavy (non-hydrogen) atoms. The second kappa shape index (κ2) is 24.1. The van der Waals surface area contributed by atoms with Gasteiger partial charge in [-0.2, -0.15) is 0 Å². The first-order chi connectivity index (χ1) is 38.4. The lowest BCUT2D eigenvalue weighted by atomic mass is 9.98. The van der Waals surface area contributed by atoms with Gasteiger partial charge in [-0.3, -0.25) is 0 Å². The monoisotopic (exact) mass is 1170 g/mol. The molecule has 2 heterocycles. The van der Waals surface area contributed by atoms with Crippen LogP contribution in [0.2, 0.25) is 0 Å². The number of hydrogen-bond acceptors (Lipinski definition) is 6. The van der Waals surface area contributed by atoms with E-state index < -0.39 is 36.2 Å². The summed E-state index contributed by atoms with van der Waals surface area (Å²) in [5.41, 5.74) is 13.5. The van der Waals surface area contributed by atoms with Crippen molar-refractivity contribution in [3.8, 4) is 33.5 Å². The standard InChI is InChI=1S/C32H25FN2O4.C26H22N2O4.C6H4FI/c33-20-15-13-19(14-16-20)30-26(25-11-5-6-12-28(25)34-30)17-29(31(36)37)35-32(38)39-18-27-23-9-3-1-7-21(23)22-8-2-4-10-24(22)27;29-25(30)24(13-16-14-27-23-12-6-5-7-17(16)23)28-26(31)32-15-22-20-10-3-1-8-18(20)19-9-2-4-11-21(19)22;7-5-1-3-6(8)4-2-5/h1-16,27,29,34H,17-18H2,(H,35,38)(H,36,37);1-12,14,22,24,27H,13,15H2,(H,28,31)(H,29,30);1-4H/t29-;24-;/m00./s1. The van der Waals surface area contributed by atoms with Crippen LogP contribution in [0.3, 0.4) is 0 Å². The van der Waals surface area contributed by atoms with Crippen LogP contribution in [-0.2, 0) is 31.9 Å². The molecule has 2 amide bonds. The first-order valence-electron chi connectivity index (χ1n) is 25.4. The highest BCUT2D eigenvalue weighted by atomic mass is 127. The van der Waals surface area contributed by atoms with Crippen LogP contribution >= 0.6 is 22.6 Å². The van der Waals surface area contributed by atoms with E-state index in [9.17, 15) is 38.2 Å². The van der Waals surface area contributed by atoms with Gasteiger partial charge in [0.25, 0.3) is 0 Å². The van der Waals surface area contributed by atoms with Crippen molar-refractivity contribution < 1.29 is 47.6 Å². The predicted molar refractivity (Wildman–Crippen MR) is 308 cm³/mol. The van der Waals surface area contributed by atoms with Gasteiger partial charge in [0.2, 0.25) is 0 Å². The summed E-state index contributed by atoms with van der Waals surface area (Å²) in [4.78, 5) is 55.9. The minimum atomic E-state index is -1.24. The Kier molecular flexibility index (Phi) is 16.2. The summed E-state index contributed by atoms with van der Waals surface area (Å²) in [5.74, 6) is -3.04. The molecule has 12 nitrogen and oxygen atoms in total. The number of halogens is 3. The Morgan fingerprint density at radius 3 is 1.38 bits per heavy atom. The maximum Gasteiger partial charge on any atom is 0.407 e. The number of aromatic amines is 2. The largest absolute Gasteiger partial charge is 0.480 e. The van der Waals surface area contributed by atoms with E-state index in [1.54, 1.807) is 30.5 Å². The van der Waals surface area contributed by atoms with E-state index in [0.717, 1.165) is 75.4 Å². The summed E-state index contributed by atoms with van der Waals surface area (Å²) in [6, 6.07) is 57.3. The molecule has 12 rings (SSSR count). The van der Waals surface area contributed by atoms with Crippen molar-refractivity contribution in [2.45, 2.75) is 36.8 Å². The molecule has 0 radical (unpaired) electrons. The van der Waals surface area contributed by atoms with Crippen molar-refractivity contribution in [2.24, 2.45) is 0 Å². The molecule has 2 aliphatic carbocycles. The van der Waals surface area contributed by atoms with Crippen LogP contribution in [0.4, 0.5) is 18.4 Å². The minimum Gasteiger partial charge on any atom is -0.480 e. The minimum absolute atomic E-state index is 0.0102. The molecule has 2 aromatic heterocycles. The Hall–Kier alpha value is -9.09. The van der Waals surface area contributed by atoms with Gasteiger partial charge in [-0.1, -0.05) is 133 Å². The van der Waals surface area contributed by atoms with E-state index in [2.05, 4.69) is 67.5 Å². The number of aliphatic carboxylic acids is 2. The van der Waals surface area contributed by atoms with E-state index in [1.807, 2.05) is 121 Å². The summed E-state index contributed by atoms with van der Waals surface area (Å²) in [6.07, 6.45) is 0.409. The number of carbonyl (C=O) groups is 4. The highest BCUT2D eigenvalue weighted by molar-refractivity contribution is 14.1. The molecule has 0 bridgehead atoms. The van der Waals surface area contributed by atoms with E-state index in [-0.39, 0.29) is 49.5 Å². The molecule has 0 aliphatic heterocycles. The van der Waals surface area contributed by atoms with Gasteiger partial charge < -0.3 is 40.3 Å². The zero-order chi connectivity index (χ0) is 55.0. The molecule has 0 saturated carbocycles. The lowest BCUT2D eigenvalue weighted by Gasteiger charge is -2.18. The highest BCUT2D eigenvalue weighted by Crippen LogP contribution is 2.46. The number of ether oxygens (including phenoxy) is 2. The maximum atomic E-state index is 13.6. The van der Waals surface area contributed by atoms with Crippen molar-refractivity contribution in [2.75, 3.05) is 13.2 Å². The number of carbonyl (C=O) groups excluding carboxylic acids is 2. The second-order valence-corrected chi connectivity index (χ2v) is 20.2. The third-order valence-electron chi connectivity index (χ3n) is 14.1. The third-order valence-corrected chi connectivity index (χ3v) is 14.8. The Morgan fingerprint density at radius 2 is 0.911 bits per heavy atom. The summed E-state index contributed by atoms with van der Waals surface area (Å²) in [7, 11) is 0. The number of alkyl carbamates (subject to hydrolysis) is 2. The molecule has 0 fully saturated rings. The molecule has 6 N–H and O–H groups in total. The SMILES string of the molecule is Fc1ccc(I)cc1.O=C(N[C@@H](Cc1c(-c2ccc(F)cc2)[nH]c2ccccc12)C(=O)O)OCC1c2ccccc2-c2ccccc21.O=C(N[C@@H](Cc1c[nH]c2ccccc12)C(=O)O)OCC1c2ccccc2-c2ccccc21. The zero-order valence-corrected chi connectivity index (χ0v) is 44.3. The summed E-state index contributed by atoms with van der Waals surface area (Å²) < 4.78 is 37.8. The van der Waals surface area contributed by atoms with Crippen molar-refractivity contribution in [3.63, 3.8) is 0 Å². The van der Waals surface area contributed by atoms with Crippen molar-refractivity contribution >= 4 is 68.5 Å². The maximum absolute atomic E-state index is 13.6. The number of para-hydroxylation sites is 2. The van der Waals surface area contributed by atoms with Gasteiger partial charge in [0.15, 0.2) is 0 Å². The fourth-order valence-corrected chi connectivity index (χ4v) is 10.8. The van der Waals surface area contributed by atoms with E-state index in [0.29, 0.717) is 16.8 Å². The quantitative estimate of drug-likeness (QED) is 0.0617. The molecule has 0 spiro atoms. The number of carboxylic acid groups (broad SMARTS) is 2. The fraction of sp³-hybridized carbons (Fsp3) is 0.125. The predicted octanol–water partition coefficient (Wildman–Crippen LogP) is 13.6. The Bertz CT molecular complexity index is 3730. The van der Waals surface area contributed by atoms with Gasteiger partial charge in [-0.05, 0) is 144 Å². The number of amides is 2. The summed E-state index contributed by atoms with van der Waals surface area (Å²) in [5, 5.41) is 26.5. The van der Waals surface area contributed by atoms with Crippen LogP contribution in [0, 0.1) is 15.2 Å². The topological polar surface area (TPSA) is 183 Å². The summed E-state index contributed by atoms with van der Waals surface area (Å²) >= 11 is 2.13. The number of hydrogen-bond donors (Lipinski definition) is 6. The average Bonchev–Trinajstić information content (AvgIpc) is 4.37. The van der Waals surface area contributed by atoms with Gasteiger partial charge >= 0.3 is 24.1 Å². The van der Waals surface area contributed by atoms with Crippen LogP contribution in [0.15, 0.2) is 200 Å². The van der Waals surface area contributed by atoms with Crippen LogP contribution in [0.25, 0.3) is 55.3 Å². The number of carboxylic acids is 2. The van der Waals surface area contributed by atoms with Gasteiger partial charge in [-0.15, -0.1) is 0 Å². The Labute approximate surface area is 466 Å². The summed E-state index contributed by atoms with van der Waals surface area (Å²) in [6.45, 7) is 0.222. The molecular weight excluding hydrogens is 1120 g/mol. The number of aromatic nitrogens is 2. The van der Waals surface area contributed by atoms with E-state index in [4.69, 9.17) is 9.47 Å². The van der Waals surface area contributed by atoms with Gasteiger partial charge in [0.1, 0.15) is 36.9 Å². The number of nitrogens with one attached hydrogen (secondary N) is 4. The number of benzene rings is 8. The first kappa shape index (κ1) is 53.3. The molecule has 8 aromatic carbocycles. The molecule has 2 atom stereocenters. The molecule has 15 heteroatoms. The smallest absolute Gasteiger partial charge is 0.407 e. The number of fused-ring (bicyclic) bond motifs is 8. The van der Waals surface area contributed by atoms with Gasteiger partial charge in [-0.25, -0.2) is 28.0 Å². The lowest BCUT2D eigenvalue weighted by molar-refractivity contribution is -0.140. The second-order valence-electron chi connectivity index (χ2n) is 19.0. The lowest BCUT2D eigenvalue weighted by Crippen LogP contribution is -2.43. The van der Waals surface area contributed by atoms with E-state index >= 15 is 0 Å². The molecule has 2 aliphatic rings. The average molecular weight is 1170 g/mol. The Balaban J connectivity index is 0.000000158. The van der Waals surface area contributed by atoms with Crippen LogP contribution in [-0.4, -0.2) is 69.6 Å². The molecule has 0 unspecified atom stereocenters. The van der Waals surface area contributed by atoms with Crippen LogP contribution in [0.5, 0.6) is 0 Å². The van der Waals surface area contributed by atoms with Crippen molar-refractivity contribution in [1.82, 2.24) is 20.6 Å².